The molecule has 1 aliphatic carbocycles. The number of carboxylic acids is 2. The number of carboxylic acid groups (broad SMARTS) is 2. The molecule has 0 radical (unpaired) electrons. The van der Waals surface area contributed by atoms with Gasteiger partial charge < -0.3 is 10.2 Å². The highest BCUT2D eigenvalue weighted by Gasteiger charge is 2.81. The van der Waals surface area contributed by atoms with Gasteiger partial charge in [0.25, 0.3) is 0 Å². The minimum absolute atomic E-state index is 0.764. The van der Waals surface area contributed by atoms with Crippen LogP contribution in [0.25, 0.3) is 0 Å². The van der Waals surface area contributed by atoms with Crippen molar-refractivity contribution in [2.24, 2.45) is 17.3 Å². The molecule has 1 saturated carbocycles. The third-order valence-electron chi connectivity index (χ3n) is 4.63. The summed E-state index contributed by atoms with van der Waals surface area (Å²) in [6.07, 6.45) is -11.1. The molecule has 1 rings (SSSR count). The molecule has 2 atom stereocenters. The molecule has 13 heteroatoms. The van der Waals surface area contributed by atoms with E-state index in [0.29, 0.717) is 0 Å². The zero-order valence-electron chi connectivity index (χ0n) is 12.9. The predicted molar refractivity (Wildman–Crippen MR) is 65.1 cm³/mol. The molecule has 1 fully saturated rings. The molecule has 0 bridgehead atoms. The maximum absolute atomic E-state index is 13.7. The fourth-order valence-electron chi connectivity index (χ4n) is 3.03. The van der Waals surface area contributed by atoms with Crippen molar-refractivity contribution in [3.63, 3.8) is 0 Å². The molecular formula is C13H13F9O4. The van der Waals surface area contributed by atoms with Crippen molar-refractivity contribution >= 4 is 11.9 Å². The zero-order chi connectivity index (χ0) is 20.9. The Morgan fingerprint density at radius 2 is 1.31 bits per heavy atom. The lowest BCUT2D eigenvalue weighted by atomic mass is 9.84. The summed E-state index contributed by atoms with van der Waals surface area (Å²) >= 11 is 0. The van der Waals surface area contributed by atoms with Crippen LogP contribution >= 0.6 is 0 Å². The summed E-state index contributed by atoms with van der Waals surface area (Å²) in [4.78, 5) is 22.2. The van der Waals surface area contributed by atoms with Gasteiger partial charge in [-0.2, -0.15) is 39.5 Å². The van der Waals surface area contributed by atoms with Gasteiger partial charge in [0.1, 0.15) is 0 Å². The van der Waals surface area contributed by atoms with E-state index in [2.05, 4.69) is 0 Å². The van der Waals surface area contributed by atoms with Gasteiger partial charge in [0.15, 0.2) is 5.41 Å². The van der Waals surface area contributed by atoms with E-state index in [9.17, 15) is 49.1 Å². The number of hydrogen-bond donors (Lipinski definition) is 2. The molecule has 2 N–H and O–H groups in total. The molecule has 0 unspecified atom stereocenters. The van der Waals surface area contributed by atoms with E-state index in [4.69, 9.17) is 10.2 Å². The minimum Gasteiger partial charge on any atom is -0.480 e. The van der Waals surface area contributed by atoms with Crippen molar-refractivity contribution in [2.45, 2.75) is 50.1 Å². The largest absolute Gasteiger partial charge is 0.480 e. The highest BCUT2D eigenvalue weighted by Crippen LogP contribution is 2.57. The van der Waals surface area contributed by atoms with Crippen molar-refractivity contribution in [1.82, 2.24) is 0 Å². The number of rotatable bonds is 6. The predicted octanol–water partition coefficient (Wildman–Crippen LogP) is 4.05. The van der Waals surface area contributed by atoms with Crippen molar-refractivity contribution in [2.75, 3.05) is 0 Å². The smallest absolute Gasteiger partial charge is 0.460 e. The number of halogens is 9. The molecule has 0 amide bonds. The first-order valence-electron chi connectivity index (χ1n) is 7.00. The van der Waals surface area contributed by atoms with Crippen LogP contribution < -0.4 is 0 Å². The maximum Gasteiger partial charge on any atom is 0.460 e. The summed E-state index contributed by atoms with van der Waals surface area (Å²) in [5.41, 5.74) is -2.61. The topological polar surface area (TPSA) is 74.6 Å². The summed E-state index contributed by atoms with van der Waals surface area (Å²) in [6.45, 7) is 1.02. The van der Waals surface area contributed by atoms with Gasteiger partial charge >= 0.3 is 35.9 Å². The van der Waals surface area contributed by atoms with Crippen molar-refractivity contribution < 1.29 is 59.3 Å². The summed E-state index contributed by atoms with van der Waals surface area (Å²) in [7, 11) is 0. The number of carbonyl (C=O) groups is 2. The molecule has 152 valence electrons. The first kappa shape index (κ1) is 22.4. The standard InChI is InChI=1S/C13H13F9O4/c1-5-2-9(7(23)24,8(25)26)3-6(5)4-10(14,15)11(16,17)12(18,19)13(20,21)22/h5-6H,2-4H2,1H3,(H,23,24)(H,25,26)/t5-,6-/m1/s1. The molecular weight excluding hydrogens is 391 g/mol. The lowest BCUT2D eigenvalue weighted by Crippen LogP contribution is -2.61. The summed E-state index contributed by atoms with van der Waals surface area (Å²) in [6, 6.07) is 0. The fraction of sp³-hybridized carbons (Fsp3) is 0.846. The van der Waals surface area contributed by atoms with Gasteiger partial charge in [-0.25, -0.2) is 0 Å². The molecule has 0 spiro atoms. The van der Waals surface area contributed by atoms with Gasteiger partial charge in [0.2, 0.25) is 0 Å². The van der Waals surface area contributed by atoms with Gasteiger partial charge in [-0.3, -0.25) is 9.59 Å². The van der Waals surface area contributed by atoms with Gasteiger partial charge in [-0.15, -0.1) is 0 Å². The van der Waals surface area contributed by atoms with E-state index in [1.54, 1.807) is 0 Å². The van der Waals surface area contributed by atoms with Crippen molar-refractivity contribution in [3.8, 4) is 0 Å². The molecule has 0 aliphatic heterocycles. The van der Waals surface area contributed by atoms with Crippen LogP contribution in [0.3, 0.4) is 0 Å². The Hall–Kier alpha value is -1.69. The van der Waals surface area contributed by atoms with Crippen LogP contribution in [-0.2, 0) is 9.59 Å². The van der Waals surface area contributed by atoms with Gasteiger partial charge in [0.05, 0.1) is 0 Å². The lowest BCUT2D eigenvalue weighted by molar-refractivity contribution is -0.398. The first-order valence-corrected chi connectivity index (χ1v) is 7.00. The number of alkyl halides is 9. The Morgan fingerprint density at radius 3 is 1.62 bits per heavy atom. The van der Waals surface area contributed by atoms with Crippen LogP contribution in [0.15, 0.2) is 0 Å². The van der Waals surface area contributed by atoms with E-state index in [-0.39, 0.29) is 0 Å². The summed E-state index contributed by atoms with van der Waals surface area (Å²) in [5, 5.41) is 18.0. The monoisotopic (exact) mass is 404 g/mol. The molecule has 26 heavy (non-hydrogen) atoms. The Labute approximate surface area is 140 Å². The average molecular weight is 404 g/mol. The Kier molecular flexibility index (Phi) is 5.32. The number of aliphatic carboxylic acids is 2. The fourth-order valence-corrected chi connectivity index (χ4v) is 3.03. The Morgan fingerprint density at radius 1 is 0.885 bits per heavy atom. The van der Waals surface area contributed by atoms with Crippen LogP contribution in [0.2, 0.25) is 0 Å². The van der Waals surface area contributed by atoms with Crippen LogP contribution in [-0.4, -0.2) is 46.1 Å². The maximum atomic E-state index is 13.7. The molecule has 0 saturated heterocycles. The third-order valence-corrected chi connectivity index (χ3v) is 4.63. The van der Waals surface area contributed by atoms with Crippen molar-refractivity contribution in [3.05, 3.63) is 0 Å². The number of hydrogen-bond acceptors (Lipinski definition) is 2. The summed E-state index contributed by atoms with van der Waals surface area (Å²) in [5.74, 6) is -26.7. The quantitative estimate of drug-likeness (QED) is 0.518. The van der Waals surface area contributed by atoms with Crippen LogP contribution in [0.4, 0.5) is 39.5 Å². The highest BCUT2D eigenvalue weighted by molar-refractivity contribution is 5.98. The normalized spacial score (nSPS) is 24.5. The molecule has 1 aliphatic rings. The molecule has 4 nitrogen and oxygen atoms in total. The van der Waals surface area contributed by atoms with E-state index in [1.165, 1.54) is 0 Å². The highest BCUT2D eigenvalue weighted by atomic mass is 19.4. The van der Waals surface area contributed by atoms with Gasteiger partial charge in [-0.1, -0.05) is 6.92 Å². The second-order valence-corrected chi connectivity index (χ2v) is 6.39. The average Bonchev–Trinajstić information content (AvgIpc) is 2.75. The first-order chi connectivity index (χ1) is 11.3. The second kappa shape index (κ2) is 6.19. The summed E-state index contributed by atoms with van der Waals surface area (Å²) < 4.78 is 116. The molecule has 0 aromatic carbocycles. The minimum atomic E-state index is -7.04. The van der Waals surface area contributed by atoms with Gasteiger partial charge in [-0.05, 0) is 24.7 Å². The van der Waals surface area contributed by atoms with E-state index >= 15 is 0 Å². The second-order valence-electron chi connectivity index (χ2n) is 6.39. The van der Waals surface area contributed by atoms with Crippen LogP contribution in [0, 0.1) is 17.3 Å². The van der Waals surface area contributed by atoms with E-state index in [0.717, 1.165) is 6.92 Å². The lowest BCUT2D eigenvalue weighted by Gasteiger charge is -2.35. The van der Waals surface area contributed by atoms with E-state index < -0.39 is 72.4 Å². The molecule has 0 aromatic heterocycles. The van der Waals surface area contributed by atoms with Crippen LogP contribution in [0.5, 0.6) is 0 Å². The van der Waals surface area contributed by atoms with E-state index in [1.807, 2.05) is 0 Å². The Bertz CT molecular complexity index is 571. The van der Waals surface area contributed by atoms with Crippen LogP contribution in [0.1, 0.15) is 26.2 Å². The zero-order valence-corrected chi connectivity index (χ0v) is 12.9. The SMILES string of the molecule is C[C@@H]1CC(C(=O)O)(C(=O)O)C[C@@H]1CC(F)(F)C(F)(F)C(F)(F)C(F)(F)F. The Balaban J connectivity index is 3.18. The molecule has 0 heterocycles. The van der Waals surface area contributed by atoms with Gasteiger partial charge in [0, 0.05) is 6.42 Å². The third kappa shape index (κ3) is 3.20. The molecule has 0 aromatic rings. The van der Waals surface area contributed by atoms with Crippen molar-refractivity contribution in [1.29, 1.82) is 0 Å².